The van der Waals surface area contributed by atoms with Gasteiger partial charge in [-0.05, 0) is 91.2 Å². The van der Waals surface area contributed by atoms with Gasteiger partial charge >= 0.3 is 0 Å². The average molecular weight is 488 g/mol. The van der Waals surface area contributed by atoms with Gasteiger partial charge < -0.3 is 19.9 Å². The van der Waals surface area contributed by atoms with E-state index >= 15 is 0 Å². The number of hydrogen-bond donors (Lipinski definition) is 2. The van der Waals surface area contributed by atoms with Crippen molar-refractivity contribution in [3.8, 4) is 11.1 Å². The molecular weight excluding hydrogens is 450 g/mol. The number of hydrogen-bond acceptors (Lipinski definition) is 4. The lowest BCUT2D eigenvalue weighted by molar-refractivity contribution is -0.167. The Labute approximate surface area is 213 Å². The summed E-state index contributed by atoms with van der Waals surface area (Å²) in [5, 5.41) is 12.9. The molecule has 1 heterocycles. The first-order valence-corrected chi connectivity index (χ1v) is 13.8. The van der Waals surface area contributed by atoms with Gasteiger partial charge in [-0.1, -0.05) is 48.9 Å². The smallest absolute Gasteiger partial charge is 0.286 e. The molecule has 0 spiro atoms. The second-order valence-electron chi connectivity index (χ2n) is 11.0. The van der Waals surface area contributed by atoms with Gasteiger partial charge in [-0.15, -0.1) is 0 Å². The van der Waals surface area contributed by atoms with E-state index in [4.69, 9.17) is 9.47 Å². The number of ether oxygens (including phenoxy) is 2. The monoisotopic (exact) mass is 487 g/mol. The van der Waals surface area contributed by atoms with Gasteiger partial charge in [0.05, 0.1) is 0 Å². The zero-order chi connectivity index (χ0) is 24.6. The lowest BCUT2D eigenvalue weighted by atomic mass is 9.78. The van der Waals surface area contributed by atoms with Crippen molar-refractivity contribution in [3.63, 3.8) is 0 Å². The van der Waals surface area contributed by atoms with E-state index in [-0.39, 0.29) is 30.4 Å². The molecule has 0 saturated heterocycles. The van der Waals surface area contributed by atoms with Gasteiger partial charge in [0.15, 0.2) is 5.76 Å². The van der Waals surface area contributed by atoms with E-state index in [1.54, 1.807) is 0 Å². The molecule has 3 unspecified atom stereocenters. The quantitative estimate of drug-likeness (QED) is 0.452. The lowest BCUT2D eigenvalue weighted by Gasteiger charge is -2.38. The highest BCUT2D eigenvalue weighted by atomic mass is 16.7. The summed E-state index contributed by atoms with van der Waals surface area (Å²) >= 11 is 0. The number of nitrogens with one attached hydrogen (secondary N) is 1. The molecule has 2 N–H and O–H groups in total. The van der Waals surface area contributed by atoms with E-state index in [1.807, 2.05) is 13.0 Å². The fourth-order valence-corrected chi connectivity index (χ4v) is 7.28. The topological polar surface area (TPSA) is 67.8 Å². The largest absolute Gasteiger partial charge is 0.459 e. The van der Waals surface area contributed by atoms with Gasteiger partial charge in [0, 0.05) is 31.1 Å². The zero-order valence-electron chi connectivity index (χ0n) is 21.1. The zero-order valence-corrected chi connectivity index (χ0v) is 21.1. The van der Waals surface area contributed by atoms with Crippen LogP contribution in [0.1, 0.15) is 68.1 Å². The molecule has 2 fully saturated rings. The predicted octanol–water partition coefficient (Wildman–Crippen LogP) is 5.31. The first-order valence-electron chi connectivity index (χ1n) is 13.8. The van der Waals surface area contributed by atoms with Crippen LogP contribution >= 0.6 is 0 Å². The third-order valence-corrected chi connectivity index (χ3v) is 8.94. The van der Waals surface area contributed by atoms with Crippen LogP contribution < -0.4 is 5.32 Å². The summed E-state index contributed by atoms with van der Waals surface area (Å²) < 4.78 is 12.4. The Morgan fingerprint density at radius 2 is 1.97 bits per heavy atom. The molecule has 5 heteroatoms. The van der Waals surface area contributed by atoms with Crippen LogP contribution in [0.15, 0.2) is 54.3 Å². The molecule has 36 heavy (non-hydrogen) atoms. The molecule has 5 nitrogen and oxygen atoms in total. The number of aliphatic hydroxyl groups is 1. The maximum absolute atomic E-state index is 13.5. The van der Waals surface area contributed by atoms with Crippen LogP contribution in [0.4, 0.5) is 0 Å². The van der Waals surface area contributed by atoms with Gasteiger partial charge in [-0.2, -0.15) is 0 Å². The van der Waals surface area contributed by atoms with E-state index in [1.165, 1.54) is 47.1 Å². The third kappa shape index (κ3) is 4.26. The average Bonchev–Trinajstić information content (AvgIpc) is 3.62. The molecule has 0 aromatic heterocycles. The summed E-state index contributed by atoms with van der Waals surface area (Å²) in [5.41, 5.74) is 6.50. The summed E-state index contributed by atoms with van der Waals surface area (Å²) in [5.74, 6) is 1.64. The summed E-state index contributed by atoms with van der Waals surface area (Å²) in [6.07, 6.45) is 8.71. The Kier molecular flexibility index (Phi) is 6.61. The van der Waals surface area contributed by atoms with Crippen LogP contribution in [0.5, 0.6) is 0 Å². The van der Waals surface area contributed by atoms with Crippen LogP contribution in [-0.4, -0.2) is 36.6 Å². The number of carbonyl (C=O) groups excluding carboxylic acids is 1. The number of aliphatic hydroxyl groups excluding tert-OH is 1. The normalized spacial score (nSPS) is 29.9. The Hall–Kier alpha value is -2.63. The summed E-state index contributed by atoms with van der Waals surface area (Å²) in [4.78, 5) is 13.5. The van der Waals surface area contributed by atoms with Crippen LogP contribution in [0.25, 0.3) is 11.1 Å². The molecule has 2 aromatic rings. The minimum atomic E-state index is -0.517. The molecule has 190 valence electrons. The van der Waals surface area contributed by atoms with Crippen LogP contribution in [0.2, 0.25) is 0 Å². The molecule has 2 bridgehead atoms. The first-order chi connectivity index (χ1) is 17.7. The highest BCUT2D eigenvalue weighted by Gasteiger charge is 2.43. The van der Waals surface area contributed by atoms with Gasteiger partial charge in [0.1, 0.15) is 0 Å². The molecule has 6 rings (SSSR count). The second kappa shape index (κ2) is 10.0. The van der Waals surface area contributed by atoms with E-state index < -0.39 is 6.29 Å². The number of amides is 1. The standard InChI is InChI=1S/C31H37NO4/c1-2-35-31-25(11-6-14-33)27(18-29(36-31)30(34)32-28-16-19-12-13-21(28)15-19)24-10-5-9-23-22-8-4-3-7-20(22)17-26(23)24/h3-5,7-10,18-19,21,25,27-28,31,33H,2,6,11-17H2,1H3,(H,32,34)/t19?,21?,25-,27-,28?,31-/m0/s1. The molecule has 2 aromatic carbocycles. The minimum Gasteiger partial charge on any atom is -0.459 e. The number of benzene rings is 2. The number of rotatable bonds is 8. The number of fused-ring (bicyclic) bond motifs is 5. The summed E-state index contributed by atoms with van der Waals surface area (Å²) in [6.45, 7) is 2.60. The summed E-state index contributed by atoms with van der Waals surface area (Å²) in [7, 11) is 0. The number of carbonyl (C=O) groups is 1. The maximum atomic E-state index is 13.5. The molecule has 0 radical (unpaired) electrons. The molecule has 3 aliphatic carbocycles. The Balaban J connectivity index is 1.35. The van der Waals surface area contributed by atoms with Gasteiger partial charge in [-0.25, -0.2) is 0 Å². The van der Waals surface area contributed by atoms with Crippen molar-refractivity contribution < 1.29 is 19.4 Å². The van der Waals surface area contributed by atoms with Crippen molar-refractivity contribution in [3.05, 3.63) is 71.0 Å². The third-order valence-electron chi connectivity index (χ3n) is 8.94. The minimum absolute atomic E-state index is 0.0198. The maximum Gasteiger partial charge on any atom is 0.286 e. The second-order valence-corrected chi connectivity index (χ2v) is 11.0. The Bertz CT molecular complexity index is 1160. The predicted molar refractivity (Wildman–Crippen MR) is 139 cm³/mol. The van der Waals surface area contributed by atoms with E-state index in [0.29, 0.717) is 24.7 Å². The molecule has 6 atom stereocenters. The van der Waals surface area contributed by atoms with Crippen molar-refractivity contribution >= 4 is 5.91 Å². The van der Waals surface area contributed by atoms with Crippen LogP contribution in [0, 0.1) is 17.8 Å². The fourth-order valence-electron chi connectivity index (χ4n) is 7.28. The molecule has 1 aliphatic heterocycles. The highest BCUT2D eigenvalue weighted by molar-refractivity contribution is 5.92. The lowest BCUT2D eigenvalue weighted by Crippen LogP contribution is -2.43. The fraction of sp³-hybridized carbons (Fsp3) is 0.516. The highest BCUT2D eigenvalue weighted by Crippen LogP contribution is 2.47. The molecule has 4 aliphatic rings. The van der Waals surface area contributed by atoms with Gasteiger partial charge in [0.25, 0.3) is 5.91 Å². The van der Waals surface area contributed by atoms with Crippen molar-refractivity contribution in [2.75, 3.05) is 13.2 Å². The van der Waals surface area contributed by atoms with Crippen molar-refractivity contribution in [2.45, 2.75) is 70.1 Å². The number of allylic oxidation sites excluding steroid dienone is 1. The molecule has 2 saturated carbocycles. The Morgan fingerprint density at radius 1 is 1.11 bits per heavy atom. The van der Waals surface area contributed by atoms with Crippen LogP contribution in [-0.2, 0) is 20.7 Å². The van der Waals surface area contributed by atoms with E-state index in [0.717, 1.165) is 25.2 Å². The van der Waals surface area contributed by atoms with Gasteiger partial charge in [0.2, 0.25) is 6.29 Å². The van der Waals surface area contributed by atoms with Crippen molar-refractivity contribution in [2.24, 2.45) is 17.8 Å². The SMILES string of the molecule is CCO[C@H]1OC(C(=O)NC2CC3CCC2C3)=C[C@@H](c2cccc3c2Cc2ccccc2-3)[C@@H]1CCCO. The summed E-state index contributed by atoms with van der Waals surface area (Å²) in [6, 6.07) is 15.4. The Morgan fingerprint density at radius 3 is 2.75 bits per heavy atom. The molecular formula is C31H37NO4. The first kappa shape index (κ1) is 23.7. The molecule has 1 amide bonds. The van der Waals surface area contributed by atoms with Gasteiger partial charge in [-0.3, -0.25) is 4.79 Å². The van der Waals surface area contributed by atoms with E-state index in [9.17, 15) is 9.90 Å². The van der Waals surface area contributed by atoms with Crippen LogP contribution in [0.3, 0.4) is 0 Å². The van der Waals surface area contributed by atoms with E-state index in [2.05, 4.69) is 47.8 Å². The van der Waals surface area contributed by atoms with Crippen molar-refractivity contribution in [1.82, 2.24) is 5.32 Å². The van der Waals surface area contributed by atoms with Crippen molar-refractivity contribution in [1.29, 1.82) is 0 Å².